The highest BCUT2D eigenvalue weighted by molar-refractivity contribution is 7.89. The first kappa shape index (κ1) is 16.6. The molecule has 0 unspecified atom stereocenters. The number of hydrogen-bond acceptors (Lipinski definition) is 4. The van der Waals surface area contributed by atoms with E-state index in [0.29, 0.717) is 18.7 Å². The van der Waals surface area contributed by atoms with Gasteiger partial charge in [0.1, 0.15) is 4.90 Å². The van der Waals surface area contributed by atoms with Crippen LogP contribution in [-0.4, -0.2) is 54.7 Å². The summed E-state index contributed by atoms with van der Waals surface area (Å²) < 4.78 is 26.5. The number of nitrogens with zero attached hydrogens (tertiary/aromatic N) is 3. The van der Waals surface area contributed by atoms with Crippen LogP contribution >= 0.6 is 0 Å². The fourth-order valence-electron chi connectivity index (χ4n) is 2.66. The van der Waals surface area contributed by atoms with Crippen LogP contribution in [0.25, 0.3) is 0 Å². The lowest BCUT2D eigenvalue weighted by atomic mass is 10.1. The third kappa shape index (κ3) is 3.32. The first-order chi connectivity index (χ1) is 11.5. The summed E-state index contributed by atoms with van der Waals surface area (Å²) >= 11 is 0. The minimum absolute atomic E-state index is 0.0616. The van der Waals surface area contributed by atoms with Gasteiger partial charge in [-0.3, -0.25) is 9.78 Å². The van der Waals surface area contributed by atoms with E-state index in [1.807, 2.05) is 19.1 Å². The summed E-state index contributed by atoms with van der Waals surface area (Å²) in [5.41, 5.74) is 1.73. The molecule has 3 rings (SSSR count). The van der Waals surface area contributed by atoms with E-state index in [9.17, 15) is 13.2 Å². The number of hydrogen-bond donors (Lipinski definition) is 0. The summed E-state index contributed by atoms with van der Waals surface area (Å²) in [5, 5.41) is 0. The number of amides is 1. The average Bonchev–Trinajstić information content (AvgIpc) is 2.62. The van der Waals surface area contributed by atoms with Crippen LogP contribution in [0.1, 0.15) is 15.9 Å². The van der Waals surface area contributed by atoms with Gasteiger partial charge in [0.05, 0.1) is 0 Å². The number of piperazine rings is 1. The van der Waals surface area contributed by atoms with Crippen LogP contribution in [0.4, 0.5) is 0 Å². The van der Waals surface area contributed by atoms with Crippen LogP contribution in [0.15, 0.2) is 53.7 Å². The standard InChI is InChI=1S/C17H19N3O3S/c1-14-4-6-15(7-5-14)17(21)19-9-11-20(12-10-19)24(22,23)16-3-2-8-18-13-16/h2-8,13H,9-12H2,1H3. The maximum absolute atomic E-state index is 12.6. The van der Waals surface area contributed by atoms with E-state index in [-0.39, 0.29) is 23.9 Å². The Morgan fingerprint density at radius 3 is 2.29 bits per heavy atom. The maximum Gasteiger partial charge on any atom is 0.253 e. The fourth-order valence-corrected chi connectivity index (χ4v) is 4.05. The predicted octanol–water partition coefficient (Wildman–Crippen LogP) is 1.54. The Bertz CT molecular complexity index is 812. The SMILES string of the molecule is Cc1ccc(C(=O)N2CCN(S(=O)(=O)c3cccnc3)CC2)cc1. The molecular weight excluding hydrogens is 326 g/mol. The van der Waals surface area contributed by atoms with Crippen LogP contribution in [0.5, 0.6) is 0 Å². The number of pyridine rings is 1. The highest BCUT2D eigenvalue weighted by Gasteiger charge is 2.30. The number of aryl methyl sites for hydroxylation is 1. The Balaban J connectivity index is 1.67. The third-order valence-electron chi connectivity index (χ3n) is 4.10. The zero-order chi connectivity index (χ0) is 17.2. The van der Waals surface area contributed by atoms with Gasteiger partial charge in [-0.15, -0.1) is 0 Å². The molecule has 1 aliphatic rings. The maximum atomic E-state index is 12.6. The zero-order valence-electron chi connectivity index (χ0n) is 13.4. The molecule has 1 aromatic heterocycles. The number of carbonyl (C=O) groups is 1. The summed E-state index contributed by atoms with van der Waals surface area (Å²) in [4.78, 5) is 18.2. The van der Waals surface area contributed by atoms with Crippen molar-refractivity contribution >= 4 is 15.9 Å². The largest absolute Gasteiger partial charge is 0.336 e. The topological polar surface area (TPSA) is 70.6 Å². The van der Waals surface area contributed by atoms with Gasteiger partial charge in [-0.25, -0.2) is 8.42 Å². The minimum Gasteiger partial charge on any atom is -0.336 e. The molecule has 0 saturated carbocycles. The molecule has 1 aromatic carbocycles. The summed E-state index contributed by atoms with van der Waals surface area (Å²) in [6.45, 7) is 3.30. The van der Waals surface area contributed by atoms with Crippen LogP contribution in [0.3, 0.4) is 0 Å². The van der Waals surface area contributed by atoms with Gasteiger partial charge in [-0.05, 0) is 31.2 Å². The molecule has 2 heterocycles. The summed E-state index contributed by atoms with van der Waals surface area (Å²) in [7, 11) is -3.55. The summed E-state index contributed by atoms with van der Waals surface area (Å²) in [6.07, 6.45) is 2.89. The van der Waals surface area contributed by atoms with Crippen molar-refractivity contribution in [3.05, 3.63) is 59.9 Å². The highest BCUT2D eigenvalue weighted by atomic mass is 32.2. The first-order valence-electron chi connectivity index (χ1n) is 7.74. The van der Waals surface area contributed by atoms with Gasteiger partial charge in [0, 0.05) is 44.1 Å². The van der Waals surface area contributed by atoms with Gasteiger partial charge in [-0.1, -0.05) is 17.7 Å². The molecule has 2 aromatic rings. The van der Waals surface area contributed by atoms with Crippen LogP contribution in [0, 0.1) is 6.92 Å². The van der Waals surface area contributed by atoms with Crippen LogP contribution in [-0.2, 0) is 10.0 Å². The van der Waals surface area contributed by atoms with Crippen molar-refractivity contribution < 1.29 is 13.2 Å². The highest BCUT2D eigenvalue weighted by Crippen LogP contribution is 2.17. The van der Waals surface area contributed by atoms with Gasteiger partial charge >= 0.3 is 0 Å². The molecule has 1 amide bonds. The molecule has 24 heavy (non-hydrogen) atoms. The molecule has 0 spiro atoms. The molecule has 0 radical (unpaired) electrons. The Hall–Kier alpha value is -2.25. The van der Waals surface area contributed by atoms with Crippen molar-refractivity contribution in [2.75, 3.05) is 26.2 Å². The van der Waals surface area contributed by atoms with E-state index >= 15 is 0 Å². The Labute approximate surface area is 141 Å². The van der Waals surface area contributed by atoms with Crippen molar-refractivity contribution in [3.8, 4) is 0 Å². The lowest BCUT2D eigenvalue weighted by Gasteiger charge is -2.34. The molecule has 1 saturated heterocycles. The number of carbonyl (C=O) groups excluding carboxylic acids is 1. The van der Waals surface area contributed by atoms with E-state index in [1.165, 1.54) is 22.8 Å². The van der Waals surface area contributed by atoms with Gasteiger partial charge in [0.15, 0.2) is 0 Å². The van der Waals surface area contributed by atoms with Crippen LogP contribution < -0.4 is 0 Å². The first-order valence-corrected chi connectivity index (χ1v) is 9.18. The fraction of sp³-hybridized carbons (Fsp3) is 0.294. The van der Waals surface area contributed by atoms with Crippen molar-refractivity contribution in [1.82, 2.24) is 14.2 Å². The smallest absolute Gasteiger partial charge is 0.253 e. The Kier molecular flexibility index (Phi) is 4.64. The third-order valence-corrected chi connectivity index (χ3v) is 5.98. The van der Waals surface area contributed by atoms with Crippen molar-refractivity contribution in [2.24, 2.45) is 0 Å². The predicted molar refractivity (Wildman–Crippen MR) is 90.1 cm³/mol. The monoisotopic (exact) mass is 345 g/mol. The Morgan fingerprint density at radius 2 is 1.71 bits per heavy atom. The van der Waals surface area contributed by atoms with E-state index < -0.39 is 10.0 Å². The van der Waals surface area contributed by atoms with Gasteiger partial charge in [0.25, 0.3) is 5.91 Å². The second-order valence-electron chi connectivity index (χ2n) is 5.75. The molecule has 1 aliphatic heterocycles. The molecule has 0 aliphatic carbocycles. The van der Waals surface area contributed by atoms with E-state index in [2.05, 4.69) is 4.98 Å². The normalized spacial score (nSPS) is 16.1. The summed E-state index contributed by atoms with van der Waals surface area (Å²) in [5.74, 6) is -0.0616. The number of rotatable bonds is 3. The van der Waals surface area contributed by atoms with E-state index in [4.69, 9.17) is 0 Å². The van der Waals surface area contributed by atoms with Gasteiger partial charge in [-0.2, -0.15) is 4.31 Å². The summed E-state index contributed by atoms with van der Waals surface area (Å²) in [6, 6.07) is 10.5. The van der Waals surface area contributed by atoms with Crippen LogP contribution in [0.2, 0.25) is 0 Å². The van der Waals surface area contributed by atoms with Gasteiger partial charge in [0.2, 0.25) is 10.0 Å². The molecule has 0 atom stereocenters. The minimum atomic E-state index is -3.55. The molecule has 6 nitrogen and oxygen atoms in total. The number of aromatic nitrogens is 1. The zero-order valence-corrected chi connectivity index (χ0v) is 14.2. The molecule has 0 bridgehead atoms. The molecule has 0 N–H and O–H groups in total. The lowest BCUT2D eigenvalue weighted by Crippen LogP contribution is -2.50. The molecule has 7 heteroatoms. The second-order valence-corrected chi connectivity index (χ2v) is 7.69. The van der Waals surface area contributed by atoms with Crippen molar-refractivity contribution in [3.63, 3.8) is 0 Å². The van der Waals surface area contributed by atoms with Gasteiger partial charge < -0.3 is 4.90 Å². The van der Waals surface area contributed by atoms with Crippen molar-refractivity contribution in [1.29, 1.82) is 0 Å². The number of benzene rings is 1. The van der Waals surface area contributed by atoms with Crippen molar-refractivity contribution in [2.45, 2.75) is 11.8 Å². The average molecular weight is 345 g/mol. The lowest BCUT2D eigenvalue weighted by molar-refractivity contribution is 0.0698. The quantitative estimate of drug-likeness (QED) is 0.846. The number of sulfonamides is 1. The van der Waals surface area contributed by atoms with E-state index in [0.717, 1.165) is 5.56 Å². The molecule has 126 valence electrons. The Morgan fingerprint density at radius 1 is 1.04 bits per heavy atom. The van der Waals surface area contributed by atoms with E-state index in [1.54, 1.807) is 23.1 Å². The molecule has 1 fully saturated rings. The second kappa shape index (κ2) is 6.70. The molecular formula is C17H19N3O3S.